The van der Waals surface area contributed by atoms with E-state index in [9.17, 15) is 14.0 Å². The summed E-state index contributed by atoms with van der Waals surface area (Å²) in [6.45, 7) is 7.98. The van der Waals surface area contributed by atoms with Crippen molar-refractivity contribution < 1.29 is 18.7 Å². The van der Waals surface area contributed by atoms with Crippen LogP contribution in [0.5, 0.6) is 0 Å². The molecule has 0 aromatic heterocycles. The molecule has 1 atom stereocenters. The molecule has 3 fully saturated rings. The highest BCUT2D eigenvalue weighted by atomic mass is 19.1. The van der Waals surface area contributed by atoms with Gasteiger partial charge in [-0.05, 0) is 50.3 Å². The van der Waals surface area contributed by atoms with Gasteiger partial charge in [0.05, 0.1) is 19.3 Å². The molecule has 7 nitrogen and oxygen atoms in total. The Morgan fingerprint density at radius 2 is 1.97 bits per heavy atom. The van der Waals surface area contributed by atoms with Crippen molar-refractivity contribution in [3.05, 3.63) is 29.6 Å². The van der Waals surface area contributed by atoms with Gasteiger partial charge in [0.1, 0.15) is 5.82 Å². The largest absolute Gasteiger partial charge is 0.379 e. The third-order valence-electron chi connectivity index (χ3n) is 7.03. The summed E-state index contributed by atoms with van der Waals surface area (Å²) in [5.41, 5.74) is 1.00. The number of aryl methyl sites for hydroxylation is 1. The number of rotatable bonds is 7. The minimum Gasteiger partial charge on any atom is -0.379 e. The highest BCUT2D eigenvalue weighted by molar-refractivity contribution is 5.89. The van der Waals surface area contributed by atoms with Gasteiger partial charge in [-0.2, -0.15) is 0 Å². The van der Waals surface area contributed by atoms with E-state index in [1.807, 2.05) is 4.90 Å². The standard InChI is InChI=1S/C24H35FN4O3/c1-18-6-7-20(16-22(18)25)26-24(31)28-11-8-21(17-28)29(23(30)19-4-2-5-19)10-3-9-27-12-14-32-15-13-27/h6-7,16,19,21H,2-5,8-15,17H2,1H3,(H,26,31). The highest BCUT2D eigenvalue weighted by Crippen LogP contribution is 2.30. The zero-order valence-electron chi connectivity index (χ0n) is 19.0. The zero-order valence-corrected chi connectivity index (χ0v) is 19.0. The summed E-state index contributed by atoms with van der Waals surface area (Å²) in [6.07, 6.45) is 4.81. The molecule has 8 heteroatoms. The first kappa shape index (κ1) is 23.0. The second-order valence-electron chi connectivity index (χ2n) is 9.25. The number of anilines is 1. The SMILES string of the molecule is Cc1ccc(NC(=O)N2CCC(N(CCCN3CCOCC3)C(=O)C3CCC3)C2)cc1F. The van der Waals surface area contributed by atoms with Gasteiger partial charge in [0.25, 0.3) is 0 Å². The second-order valence-corrected chi connectivity index (χ2v) is 9.25. The predicted octanol–water partition coefficient (Wildman–Crippen LogP) is 3.09. The molecule has 0 radical (unpaired) electrons. The first-order chi connectivity index (χ1) is 15.5. The maximum atomic E-state index is 13.8. The second kappa shape index (κ2) is 10.6. The molecule has 2 heterocycles. The lowest BCUT2D eigenvalue weighted by atomic mass is 9.84. The van der Waals surface area contributed by atoms with Gasteiger partial charge in [0.15, 0.2) is 0 Å². The van der Waals surface area contributed by atoms with Crippen LogP contribution in [0.3, 0.4) is 0 Å². The third kappa shape index (κ3) is 5.59. The maximum Gasteiger partial charge on any atom is 0.321 e. The number of nitrogens with one attached hydrogen (secondary N) is 1. The van der Waals surface area contributed by atoms with E-state index in [1.165, 1.54) is 6.07 Å². The summed E-state index contributed by atoms with van der Waals surface area (Å²) in [5, 5.41) is 2.80. The number of nitrogens with zero attached hydrogens (tertiary/aromatic N) is 3. The van der Waals surface area contributed by atoms with E-state index in [0.717, 1.165) is 71.5 Å². The van der Waals surface area contributed by atoms with Crippen LogP contribution in [-0.4, -0.2) is 85.2 Å². The molecule has 1 saturated carbocycles. The van der Waals surface area contributed by atoms with Crippen molar-refractivity contribution >= 4 is 17.6 Å². The first-order valence-electron chi connectivity index (χ1n) is 11.9. The number of urea groups is 1. The lowest BCUT2D eigenvalue weighted by molar-refractivity contribution is -0.140. The number of hydrogen-bond acceptors (Lipinski definition) is 4. The molecule has 1 aliphatic carbocycles. The Kier molecular flexibility index (Phi) is 7.63. The molecule has 3 aliphatic rings. The molecule has 1 N–H and O–H groups in total. The summed E-state index contributed by atoms with van der Waals surface area (Å²) >= 11 is 0. The summed E-state index contributed by atoms with van der Waals surface area (Å²) in [6, 6.07) is 4.53. The van der Waals surface area contributed by atoms with Crippen molar-refractivity contribution in [2.45, 2.75) is 45.1 Å². The molecule has 3 amide bonds. The number of benzene rings is 1. The van der Waals surface area contributed by atoms with Crippen LogP contribution in [0.4, 0.5) is 14.9 Å². The van der Waals surface area contributed by atoms with E-state index >= 15 is 0 Å². The van der Waals surface area contributed by atoms with Crippen molar-refractivity contribution in [1.29, 1.82) is 0 Å². The van der Waals surface area contributed by atoms with Crippen molar-refractivity contribution in [2.24, 2.45) is 5.92 Å². The molecule has 4 rings (SSSR count). The van der Waals surface area contributed by atoms with Crippen LogP contribution in [0.15, 0.2) is 18.2 Å². The fourth-order valence-corrected chi connectivity index (χ4v) is 4.71. The number of carbonyl (C=O) groups excluding carboxylic acids is 2. The highest BCUT2D eigenvalue weighted by Gasteiger charge is 2.37. The third-order valence-corrected chi connectivity index (χ3v) is 7.03. The van der Waals surface area contributed by atoms with Crippen LogP contribution in [0.1, 0.15) is 37.7 Å². The number of carbonyl (C=O) groups is 2. The molecule has 1 unspecified atom stereocenters. The summed E-state index contributed by atoms with van der Waals surface area (Å²) < 4.78 is 19.2. The average Bonchev–Trinajstić information content (AvgIpc) is 3.23. The monoisotopic (exact) mass is 446 g/mol. The van der Waals surface area contributed by atoms with Crippen molar-refractivity contribution in [1.82, 2.24) is 14.7 Å². The Morgan fingerprint density at radius 3 is 2.66 bits per heavy atom. The lowest BCUT2D eigenvalue weighted by Crippen LogP contribution is -2.48. The van der Waals surface area contributed by atoms with Gasteiger partial charge < -0.3 is 19.9 Å². The normalized spacial score (nSPS) is 21.9. The molecule has 1 aromatic carbocycles. The first-order valence-corrected chi connectivity index (χ1v) is 11.9. The summed E-state index contributed by atoms with van der Waals surface area (Å²) in [7, 11) is 0. The zero-order chi connectivity index (χ0) is 22.5. The summed E-state index contributed by atoms with van der Waals surface area (Å²) in [4.78, 5) is 32.1. The van der Waals surface area contributed by atoms with E-state index in [1.54, 1.807) is 24.0 Å². The van der Waals surface area contributed by atoms with Gasteiger partial charge in [-0.25, -0.2) is 9.18 Å². The van der Waals surface area contributed by atoms with Gasteiger partial charge in [0, 0.05) is 50.9 Å². The van der Waals surface area contributed by atoms with Gasteiger partial charge >= 0.3 is 6.03 Å². The fourth-order valence-electron chi connectivity index (χ4n) is 4.71. The van der Waals surface area contributed by atoms with E-state index in [4.69, 9.17) is 4.74 Å². The minimum atomic E-state index is -0.334. The van der Waals surface area contributed by atoms with Gasteiger partial charge in [-0.15, -0.1) is 0 Å². The average molecular weight is 447 g/mol. The number of hydrogen-bond donors (Lipinski definition) is 1. The number of ether oxygens (including phenoxy) is 1. The van der Waals surface area contributed by atoms with Crippen LogP contribution >= 0.6 is 0 Å². The Balaban J connectivity index is 1.33. The van der Waals surface area contributed by atoms with E-state index in [2.05, 4.69) is 10.2 Å². The molecular weight excluding hydrogens is 411 g/mol. The Labute approximate surface area is 189 Å². The van der Waals surface area contributed by atoms with E-state index in [0.29, 0.717) is 24.3 Å². The van der Waals surface area contributed by atoms with Crippen molar-refractivity contribution in [3.8, 4) is 0 Å². The fraction of sp³-hybridized carbons (Fsp3) is 0.667. The quantitative estimate of drug-likeness (QED) is 0.699. The number of morpholine rings is 1. The number of likely N-dealkylation sites (tertiary alicyclic amines) is 1. The van der Waals surface area contributed by atoms with Gasteiger partial charge in [-0.3, -0.25) is 9.69 Å². The molecule has 2 saturated heterocycles. The van der Waals surface area contributed by atoms with Crippen LogP contribution in [0, 0.1) is 18.7 Å². The van der Waals surface area contributed by atoms with Gasteiger partial charge in [-0.1, -0.05) is 12.5 Å². The smallest absolute Gasteiger partial charge is 0.321 e. The lowest BCUT2D eigenvalue weighted by Gasteiger charge is -2.36. The Hall–Kier alpha value is -2.19. The molecule has 32 heavy (non-hydrogen) atoms. The van der Waals surface area contributed by atoms with Crippen molar-refractivity contribution in [2.75, 3.05) is 57.8 Å². The van der Waals surface area contributed by atoms with Crippen LogP contribution in [-0.2, 0) is 9.53 Å². The molecule has 2 aliphatic heterocycles. The minimum absolute atomic E-state index is 0.0493. The van der Waals surface area contributed by atoms with E-state index < -0.39 is 0 Å². The molecular formula is C24H35FN4O3. The summed E-state index contributed by atoms with van der Waals surface area (Å²) in [5.74, 6) is 0.0718. The Morgan fingerprint density at radius 1 is 1.19 bits per heavy atom. The number of halogens is 1. The van der Waals surface area contributed by atoms with Crippen LogP contribution in [0.25, 0.3) is 0 Å². The maximum absolute atomic E-state index is 13.8. The van der Waals surface area contributed by atoms with Gasteiger partial charge in [0.2, 0.25) is 5.91 Å². The topological polar surface area (TPSA) is 65.1 Å². The van der Waals surface area contributed by atoms with Crippen LogP contribution < -0.4 is 5.32 Å². The number of amides is 3. The molecule has 176 valence electrons. The molecule has 0 bridgehead atoms. The molecule has 0 spiro atoms. The van der Waals surface area contributed by atoms with Crippen molar-refractivity contribution in [3.63, 3.8) is 0 Å². The Bertz CT molecular complexity index is 810. The van der Waals surface area contributed by atoms with E-state index in [-0.39, 0.29) is 29.7 Å². The molecule has 1 aromatic rings. The predicted molar refractivity (Wildman–Crippen MR) is 121 cm³/mol. The van der Waals surface area contributed by atoms with Crippen LogP contribution in [0.2, 0.25) is 0 Å².